The molecule has 0 aliphatic carbocycles. The zero-order valence-electron chi connectivity index (χ0n) is 17.6. The number of nitrogens with zero attached hydrogens (tertiary/aromatic N) is 1. The fourth-order valence-electron chi connectivity index (χ4n) is 3.26. The summed E-state index contributed by atoms with van der Waals surface area (Å²) in [6, 6.07) is 25.0. The van der Waals surface area contributed by atoms with Crippen LogP contribution in [0.3, 0.4) is 0 Å². The van der Waals surface area contributed by atoms with Crippen LogP contribution < -0.4 is 16.0 Å². The maximum absolute atomic E-state index is 12.9. The van der Waals surface area contributed by atoms with Crippen molar-refractivity contribution in [3.8, 4) is 11.1 Å². The molecule has 4 aromatic rings. The molecule has 0 fully saturated rings. The smallest absolute Gasteiger partial charge is 0.319 e. The van der Waals surface area contributed by atoms with Crippen LogP contribution in [-0.2, 0) is 6.54 Å². The molecule has 4 rings (SSSR count). The van der Waals surface area contributed by atoms with Crippen molar-refractivity contribution in [3.05, 3.63) is 113 Å². The van der Waals surface area contributed by atoms with E-state index in [0.717, 1.165) is 16.7 Å². The maximum atomic E-state index is 12.9. The van der Waals surface area contributed by atoms with E-state index in [9.17, 15) is 9.59 Å². The van der Waals surface area contributed by atoms with Crippen molar-refractivity contribution in [1.29, 1.82) is 0 Å². The predicted molar refractivity (Wildman–Crippen MR) is 131 cm³/mol. The highest BCUT2D eigenvalue weighted by molar-refractivity contribution is 6.30. The lowest BCUT2D eigenvalue weighted by atomic mass is 9.99. The van der Waals surface area contributed by atoms with Gasteiger partial charge in [0.15, 0.2) is 0 Å². The number of carbonyl (C=O) groups excluding carboxylic acids is 2. The first-order valence-corrected chi connectivity index (χ1v) is 10.7. The van der Waals surface area contributed by atoms with E-state index >= 15 is 0 Å². The van der Waals surface area contributed by atoms with Gasteiger partial charge in [0, 0.05) is 40.9 Å². The van der Waals surface area contributed by atoms with Gasteiger partial charge in [0.25, 0.3) is 5.91 Å². The van der Waals surface area contributed by atoms with Crippen LogP contribution in [0.25, 0.3) is 11.1 Å². The van der Waals surface area contributed by atoms with Crippen LogP contribution in [0.15, 0.2) is 97.3 Å². The van der Waals surface area contributed by atoms with Crippen LogP contribution in [0.2, 0.25) is 5.02 Å². The number of rotatable bonds is 6. The molecule has 1 aromatic heterocycles. The minimum atomic E-state index is -0.326. The zero-order chi connectivity index (χ0) is 23.0. The molecule has 0 saturated carbocycles. The van der Waals surface area contributed by atoms with Crippen LogP contribution in [0.4, 0.5) is 16.2 Å². The summed E-state index contributed by atoms with van der Waals surface area (Å²) in [5.74, 6) is -0.226. The van der Waals surface area contributed by atoms with Gasteiger partial charge < -0.3 is 16.0 Å². The van der Waals surface area contributed by atoms with Crippen molar-refractivity contribution in [1.82, 2.24) is 10.3 Å². The number of hydrogen-bond donors (Lipinski definition) is 3. The standard InChI is InChI=1S/C26H21ClN4O2/c27-20-9-7-19(8-10-20)23-5-1-2-6-24(23)25(32)30-21-11-13-22(14-12-21)31-26(33)29-17-18-4-3-15-28-16-18/h1-16H,17H2,(H,30,32)(H2,29,31,33). The monoisotopic (exact) mass is 456 g/mol. The number of carbonyl (C=O) groups is 2. The molecule has 0 radical (unpaired) electrons. The molecule has 0 spiro atoms. The van der Waals surface area contributed by atoms with Crippen LogP contribution in [0.5, 0.6) is 0 Å². The minimum Gasteiger partial charge on any atom is -0.334 e. The summed E-state index contributed by atoms with van der Waals surface area (Å²) in [4.78, 5) is 29.1. The molecule has 0 atom stereocenters. The fraction of sp³-hybridized carbons (Fsp3) is 0.0385. The molecule has 33 heavy (non-hydrogen) atoms. The number of urea groups is 1. The second-order valence-corrected chi connectivity index (χ2v) is 7.69. The SMILES string of the molecule is O=C(NCc1cccnc1)Nc1ccc(NC(=O)c2ccccc2-c2ccc(Cl)cc2)cc1. The molecule has 0 aliphatic heterocycles. The van der Waals surface area contributed by atoms with E-state index in [1.807, 2.05) is 42.5 Å². The van der Waals surface area contributed by atoms with Crippen LogP contribution in [-0.4, -0.2) is 16.9 Å². The normalized spacial score (nSPS) is 10.3. The largest absolute Gasteiger partial charge is 0.334 e. The molecule has 164 valence electrons. The van der Waals surface area contributed by atoms with E-state index in [2.05, 4.69) is 20.9 Å². The highest BCUT2D eigenvalue weighted by Gasteiger charge is 2.13. The summed E-state index contributed by atoms with van der Waals surface area (Å²) in [7, 11) is 0. The second-order valence-electron chi connectivity index (χ2n) is 7.25. The molecule has 0 unspecified atom stereocenters. The Kier molecular flexibility index (Phi) is 6.97. The number of anilines is 2. The molecule has 6 nitrogen and oxygen atoms in total. The number of aromatic nitrogens is 1. The highest BCUT2D eigenvalue weighted by atomic mass is 35.5. The van der Waals surface area contributed by atoms with E-state index in [-0.39, 0.29) is 11.9 Å². The number of hydrogen-bond acceptors (Lipinski definition) is 3. The van der Waals surface area contributed by atoms with E-state index in [0.29, 0.717) is 28.5 Å². The third-order valence-corrected chi connectivity index (χ3v) is 5.16. The first-order valence-electron chi connectivity index (χ1n) is 10.3. The van der Waals surface area contributed by atoms with Gasteiger partial charge in [-0.3, -0.25) is 9.78 Å². The fourth-order valence-corrected chi connectivity index (χ4v) is 3.38. The summed E-state index contributed by atoms with van der Waals surface area (Å²) < 4.78 is 0. The van der Waals surface area contributed by atoms with Crippen molar-refractivity contribution in [2.24, 2.45) is 0 Å². The first kappa shape index (κ1) is 22.0. The van der Waals surface area contributed by atoms with Gasteiger partial charge in [-0.25, -0.2) is 4.79 Å². The first-order chi connectivity index (χ1) is 16.1. The summed E-state index contributed by atoms with van der Waals surface area (Å²) >= 11 is 5.99. The molecular weight excluding hydrogens is 436 g/mol. The van der Waals surface area contributed by atoms with Crippen molar-refractivity contribution >= 4 is 34.9 Å². The lowest BCUT2D eigenvalue weighted by Crippen LogP contribution is -2.28. The van der Waals surface area contributed by atoms with E-state index < -0.39 is 0 Å². The number of nitrogens with one attached hydrogen (secondary N) is 3. The number of amides is 3. The average molecular weight is 457 g/mol. The maximum Gasteiger partial charge on any atom is 0.319 e. The van der Waals surface area contributed by atoms with Gasteiger partial charge in [-0.1, -0.05) is 48.0 Å². The van der Waals surface area contributed by atoms with Crippen molar-refractivity contribution in [2.45, 2.75) is 6.54 Å². The van der Waals surface area contributed by atoms with Crippen molar-refractivity contribution in [2.75, 3.05) is 10.6 Å². The lowest BCUT2D eigenvalue weighted by Gasteiger charge is -2.12. The molecule has 0 saturated heterocycles. The zero-order valence-corrected chi connectivity index (χ0v) is 18.3. The predicted octanol–water partition coefficient (Wildman–Crippen LogP) is 5.98. The Hall–Kier alpha value is -4.16. The molecule has 3 N–H and O–H groups in total. The van der Waals surface area contributed by atoms with E-state index in [4.69, 9.17) is 11.6 Å². The van der Waals surface area contributed by atoms with Crippen LogP contribution in [0, 0.1) is 0 Å². The van der Waals surface area contributed by atoms with Gasteiger partial charge in [0.1, 0.15) is 0 Å². The van der Waals surface area contributed by atoms with Crippen LogP contribution >= 0.6 is 11.6 Å². The Morgan fingerprint density at radius 3 is 2.18 bits per heavy atom. The lowest BCUT2D eigenvalue weighted by molar-refractivity contribution is 0.102. The Morgan fingerprint density at radius 1 is 0.788 bits per heavy atom. The van der Waals surface area contributed by atoms with Crippen molar-refractivity contribution < 1.29 is 9.59 Å². The second kappa shape index (κ2) is 10.4. The molecular formula is C26H21ClN4O2. The number of pyridine rings is 1. The third kappa shape index (κ3) is 5.96. The molecule has 1 heterocycles. The van der Waals surface area contributed by atoms with Gasteiger partial charge in [0.05, 0.1) is 0 Å². The highest BCUT2D eigenvalue weighted by Crippen LogP contribution is 2.26. The Labute approximate surface area is 196 Å². The summed E-state index contributed by atoms with van der Waals surface area (Å²) in [6.45, 7) is 0.376. The molecule has 0 aliphatic rings. The molecule has 7 heteroatoms. The number of benzene rings is 3. The molecule has 3 aromatic carbocycles. The summed E-state index contributed by atoms with van der Waals surface area (Å²) in [6.07, 6.45) is 3.38. The Bertz CT molecular complexity index is 1240. The van der Waals surface area contributed by atoms with Crippen LogP contribution in [0.1, 0.15) is 15.9 Å². The Morgan fingerprint density at radius 2 is 1.48 bits per heavy atom. The van der Waals surface area contributed by atoms with Gasteiger partial charge >= 0.3 is 6.03 Å². The quantitative estimate of drug-likeness (QED) is 0.334. The molecule has 3 amide bonds. The number of halogens is 1. The third-order valence-electron chi connectivity index (χ3n) is 4.90. The summed E-state index contributed by atoms with van der Waals surface area (Å²) in [5, 5.41) is 9.08. The van der Waals surface area contributed by atoms with Gasteiger partial charge in [-0.05, 0) is 65.2 Å². The summed E-state index contributed by atoms with van der Waals surface area (Å²) in [5.41, 5.74) is 4.41. The average Bonchev–Trinajstić information content (AvgIpc) is 2.85. The Balaban J connectivity index is 1.38. The van der Waals surface area contributed by atoms with Crippen molar-refractivity contribution in [3.63, 3.8) is 0 Å². The van der Waals surface area contributed by atoms with Gasteiger partial charge in [-0.2, -0.15) is 0 Å². The minimum absolute atomic E-state index is 0.226. The van der Waals surface area contributed by atoms with Gasteiger partial charge in [-0.15, -0.1) is 0 Å². The van der Waals surface area contributed by atoms with E-state index in [1.165, 1.54) is 0 Å². The van der Waals surface area contributed by atoms with Gasteiger partial charge in [0.2, 0.25) is 0 Å². The topological polar surface area (TPSA) is 83.1 Å². The van der Waals surface area contributed by atoms with E-state index in [1.54, 1.807) is 54.9 Å². The molecule has 0 bridgehead atoms.